The van der Waals surface area contributed by atoms with E-state index < -0.39 is 17.8 Å². The van der Waals surface area contributed by atoms with Crippen molar-refractivity contribution in [3.05, 3.63) is 138 Å². The van der Waals surface area contributed by atoms with Gasteiger partial charge in [-0.3, -0.25) is 9.59 Å². The molecule has 0 bridgehead atoms. The number of ketones is 1. The summed E-state index contributed by atoms with van der Waals surface area (Å²) in [6.07, 6.45) is 2.01. The molecule has 0 saturated carbocycles. The molecular formula is C35H33FN2O5. The van der Waals surface area contributed by atoms with Gasteiger partial charge in [0, 0.05) is 35.5 Å². The number of nitrogens with zero attached hydrogens (tertiary/aromatic N) is 1. The number of amides is 1. The van der Waals surface area contributed by atoms with Crippen LogP contribution in [-0.4, -0.2) is 44.0 Å². The van der Waals surface area contributed by atoms with E-state index in [-0.39, 0.29) is 11.7 Å². The van der Waals surface area contributed by atoms with Gasteiger partial charge in [0.25, 0.3) is 0 Å². The number of hydrogen-bond acceptors (Lipinski definition) is 6. The molecule has 0 spiro atoms. The molecule has 0 radical (unpaired) electrons. The van der Waals surface area contributed by atoms with Crippen LogP contribution in [0.15, 0.2) is 116 Å². The molecule has 43 heavy (non-hydrogen) atoms. The summed E-state index contributed by atoms with van der Waals surface area (Å²) in [5.41, 5.74) is 2.85. The lowest BCUT2D eigenvalue weighted by Gasteiger charge is -2.21. The standard InChI is InChI=1S/C35H33FN2O5/c1-3-33(39)38(28-14-9-13-27(36)24-28)21-10-22-43-29-19-17-25(18-20-29)23-32(35(41)42-2)37-31-16-8-7-15-30(31)34(40)26-11-5-4-6-12-26/h3-9,11-20,24,32,37H,1,10,21-23H2,2H3. The molecule has 0 aliphatic heterocycles. The summed E-state index contributed by atoms with van der Waals surface area (Å²) >= 11 is 0. The van der Waals surface area contributed by atoms with Crippen molar-refractivity contribution in [2.45, 2.75) is 18.9 Å². The first kappa shape index (κ1) is 30.7. The van der Waals surface area contributed by atoms with Gasteiger partial charge in [-0.15, -0.1) is 0 Å². The normalized spacial score (nSPS) is 11.2. The van der Waals surface area contributed by atoms with Gasteiger partial charge in [0.05, 0.1) is 13.7 Å². The monoisotopic (exact) mass is 580 g/mol. The van der Waals surface area contributed by atoms with Gasteiger partial charge in [-0.1, -0.05) is 67.2 Å². The lowest BCUT2D eigenvalue weighted by atomic mass is 10.00. The Morgan fingerprint density at radius 1 is 0.930 bits per heavy atom. The fraction of sp³-hybridized carbons (Fsp3) is 0.171. The van der Waals surface area contributed by atoms with E-state index in [0.29, 0.717) is 54.2 Å². The van der Waals surface area contributed by atoms with Gasteiger partial charge < -0.3 is 19.7 Å². The average molecular weight is 581 g/mol. The van der Waals surface area contributed by atoms with Crippen molar-refractivity contribution in [3.8, 4) is 5.75 Å². The smallest absolute Gasteiger partial charge is 0.328 e. The van der Waals surface area contributed by atoms with Crippen molar-refractivity contribution < 1.29 is 28.2 Å². The first-order valence-corrected chi connectivity index (χ1v) is 13.8. The Hall–Kier alpha value is -5.24. The van der Waals surface area contributed by atoms with E-state index >= 15 is 0 Å². The number of methoxy groups -OCH3 is 1. The van der Waals surface area contributed by atoms with E-state index in [1.165, 1.54) is 30.2 Å². The Labute approximate surface area is 250 Å². The van der Waals surface area contributed by atoms with Crippen molar-refractivity contribution in [2.75, 3.05) is 30.5 Å². The molecule has 4 aromatic rings. The fourth-order valence-electron chi connectivity index (χ4n) is 4.57. The number of halogens is 1. The zero-order chi connectivity index (χ0) is 30.6. The average Bonchev–Trinajstić information content (AvgIpc) is 3.04. The lowest BCUT2D eigenvalue weighted by Crippen LogP contribution is -2.33. The number of anilines is 2. The molecule has 0 aliphatic rings. The van der Waals surface area contributed by atoms with Crippen LogP contribution in [0, 0.1) is 5.82 Å². The Morgan fingerprint density at radius 2 is 1.65 bits per heavy atom. The summed E-state index contributed by atoms with van der Waals surface area (Å²) in [6, 6.07) is 28.5. The van der Waals surface area contributed by atoms with Gasteiger partial charge in [0.2, 0.25) is 5.91 Å². The molecule has 0 aliphatic carbocycles. The first-order chi connectivity index (χ1) is 20.9. The van der Waals surface area contributed by atoms with Crippen LogP contribution >= 0.6 is 0 Å². The molecule has 0 saturated heterocycles. The molecule has 0 fully saturated rings. The maximum Gasteiger partial charge on any atom is 0.328 e. The fourth-order valence-corrected chi connectivity index (χ4v) is 4.57. The van der Waals surface area contributed by atoms with Crippen molar-refractivity contribution >= 4 is 29.0 Å². The minimum Gasteiger partial charge on any atom is -0.494 e. The third-order valence-electron chi connectivity index (χ3n) is 6.74. The third kappa shape index (κ3) is 8.39. The molecule has 220 valence electrons. The zero-order valence-corrected chi connectivity index (χ0v) is 23.9. The molecule has 0 aromatic heterocycles. The van der Waals surface area contributed by atoms with Gasteiger partial charge in [-0.05, 0) is 60.5 Å². The number of esters is 1. The molecule has 1 N–H and O–H groups in total. The molecule has 8 heteroatoms. The maximum atomic E-state index is 13.7. The van der Waals surface area contributed by atoms with Gasteiger partial charge >= 0.3 is 5.97 Å². The highest BCUT2D eigenvalue weighted by atomic mass is 19.1. The number of hydrogen-bond donors (Lipinski definition) is 1. The Balaban J connectivity index is 1.37. The lowest BCUT2D eigenvalue weighted by molar-refractivity contribution is -0.141. The summed E-state index contributed by atoms with van der Waals surface area (Å²) < 4.78 is 24.6. The Bertz CT molecular complexity index is 1560. The zero-order valence-electron chi connectivity index (χ0n) is 23.9. The van der Waals surface area contributed by atoms with Gasteiger partial charge in [0.15, 0.2) is 5.78 Å². The number of carbonyl (C=O) groups is 3. The second-order valence-electron chi connectivity index (χ2n) is 9.68. The second-order valence-corrected chi connectivity index (χ2v) is 9.68. The number of rotatable bonds is 14. The van der Waals surface area contributed by atoms with Crippen molar-refractivity contribution in [1.82, 2.24) is 0 Å². The highest BCUT2D eigenvalue weighted by molar-refractivity contribution is 6.12. The van der Waals surface area contributed by atoms with E-state index in [4.69, 9.17) is 9.47 Å². The predicted octanol–water partition coefficient (Wildman–Crippen LogP) is 6.24. The number of carbonyl (C=O) groups excluding carboxylic acids is 3. The van der Waals surface area contributed by atoms with E-state index in [2.05, 4.69) is 11.9 Å². The predicted molar refractivity (Wildman–Crippen MR) is 165 cm³/mol. The number of para-hydroxylation sites is 1. The molecule has 4 aromatic carbocycles. The first-order valence-electron chi connectivity index (χ1n) is 13.8. The molecule has 1 amide bonds. The molecule has 1 unspecified atom stereocenters. The number of ether oxygens (including phenoxy) is 2. The Morgan fingerprint density at radius 3 is 2.35 bits per heavy atom. The van der Waals surface area contributed by atoms with Crippen LogP contribution in [0.1, 0.15) is 27.9 Å². The van der Waals surface area contributed by atoms with Crippen molar-refractivity contribution in [2.24, 2.45) is 0 Å². The Kier molecular flexibility index (Phi) is 10.8. The molecular weight excluding hydrogens is 547 g/mol. The summed E-state index contributed by atoms with van der Waals surface area (Å²) in [6.45, 7) is 4.19. The maximum absolute atomic E-state index is 13.7. The highest BCUT2D eigenvalue weighted by Gasteiger charge is 2.23. The molecule has 4 rings (SSSR count). The minimum atomic E-state index is -0.738. The third-order valence-corrected chi connectivity index (χ3v) is 6.74. The highest BCUT2D eigenvalue weighted by Crippen LogP contribution is 2.23. The summed E-state index contributed by atoms with van der Waals surface area (Å²) in [4.78, 5) is 39.6. The van der Waals surface area contributed by atoms with Crippen LogP contribution in [0.4, 0.5) is 15.8 Å². The second kappa shape index (κ2) is 15.1. The summed E-state index contributed by atoms with van der Waals surface area (Å²) in [7, 11) is 1.33. The van der Waals surface area contributed by atoms with E-state index in [1.54, 1.807) is 72.8 Å². The van der Waals surface area contributed by atoms with E-state index in [0.717, 1.165) is 5.56 Å². The van der Waals surface area contributed by atoms with Crippen LogP contribution < -0.4 is 15.0 Å². The molecule has 0 heterocycles. The van der Waals surface area contributed by atoms with Crippen LogP contribution in [-0.2, 0) is 20.7 Å². The SMILES string of the molecule is C=CC(=O)N(CCCOc1ccc(CC(Nc2ccccc2C(=O)c2ccccc2)C(=O)OC)cc1)c1cccc(F)c1. The van der Waals surface area contributed by atoms with Crippen molar-refractivity contribution in [1.29, 1.82) is 0 Å². The quantitative estimate of drug-likeness (QED) is 0.0823. The number of benzene rings is 4. The summed E-state index contributed by atoms with van der Waals surface area (Å²) in [5.74, 6) is -0.737. The van der Waals surface area contributed by atoms with Gasteiger partial charge in [0.1, 0.15) is 17.6 Å². The number of nitrogens with one attached hydrogen (secondary N) is 1. The van der Waals surface area contributed by atoms with Crippen LogP contribution in [0.25, 0.3) is 0 Å². The minimum absolute atomic E-state index is 0.151. The van der Waals surface area contributed by atoms with Gasteiger partial charge in [-0.2, -0.15) is 0 Å². The van der Waals surface area contributed by atoms with E-state index in [1.807, 2.05) is 18.2 Å². The van der Waals surface area contributed by atoms with Crippen molar-refractivity contribution in [3.63, 3.8) is 0 Å². The van der Waals surface area contributed by atoms with Gasteiger partial charge in [-0.25, -0.2) is 9.18 Å². The molecule has 1 atom stereocenters. The largest absolute Gasteiger partial charge is 0.494 e. The molecule has 7 nitrogen and oxygen atoms in total. The van der Waals surface area contributed by atoms with Crippen LogP contribution in [0.3, 0.4) is 0 Å². The van der Waals surface area contributed by atoms with Crippen LogP contribution in [0.2, 0.25) is 0 Å². The van der Waals surface area contributed by atoms with Crippen LogP contribution in [0.5, 0.6) is 5.75 Å². The van der Waals surface area contributed by atoms with E-state index in [9.17, 15) is 18.8 Å². The topological polar surface area (TPSA) is 84.9 Å². The summed E-state index contributed by atoms with van der Waals surface area (Å²) in [5, 5.41) is 3.21.